The van der Waals surface area contributed by atoms with E-state index in [0.29, 0.717) is 75.0 Å². The zero-order chi connectivity index (χ0) is 36.7. The van der Waals surface area contributed by atoms with Gasteiger partial charge in [-0.3, -0.25) is 38.6 Å². The summed E-state index contributed by atoms with van der Waals surface area (Å²) in [6.45, 7) is 9.33. The van der Waals surface area contributed by atoms with Crippen LogP contribution in [-0.4, -0.2) is 98.4 Å². The second-order valence-electron chi connectivity index (χ2n) is 12.1. The fourth-order valence-electron chi connectivity index (χ4n) is 5.63. The number of aromatic nitrogens is 2. The summed E-state index contributed by atoms with van der Waals surface area (Å²) in [6, 6.07) is 6.51. The Morgan fingerprint density at radius 2 is 1.08 bits per heavy atom. The standard InChI is InChI=1S/C35H43N7O6S2/c1-21-22(2)28(34(48)42-19-20-50-35(42)49)8-7-25(21)29(43)36-11-16-41(17-12-37-30(44)26-9-14-39(5)32(46)23(26)3)18-13-38-31(45)27-10-15-40(6)33(47)24(27)4/h7-10,14-15H,11-13,16-20H2,1-6H3,(H,36,43)(H,37,44)(H,38,45). The summed E-state index contributed by atoms with van der Waals surface area (Å²) in [6.07, 6.45) is 3.09. The molecule has 4 amide bonds. The summed E-state index contributed by atoms with van der Waals surface area (Å²) in [5.41, 5.74) is 3.17. The molecule has 50 heavy (non-hydrogen) atoms. The predicted octanol–water partition coefficient (Wildman–Crippen LogP) is 1.68. The molecule has 1 fully saturated rings. The molecule has 266 valence electrons. The van der Waals surface area contributed by atoms with Crippen molar-refractivity contribution in [2.75, 3.05) is 51.6 Å². The Balaban J connectivity index is 1.39. The largest absolute Gasteiger partial charge is 0.351 e. The summed E-state index contributed by atoms with van der Waals surface area (Å²) in [5.74, 6) is -0.444. The van der Waals surface area contributed by atoms with Gasteiger partial charge in [0.2, 0.25) is 0 Å². The number of benzene rings is 1. The zero-order valence-electron chi connectivity index (χ0n) is 29.2. The van der Waals surface area contributed by atoms with Crippen molar-refractivity contribution in [1.29, 1.82) is 0 Å². The van der Waals surface area contributed by atoms with E-state index < -0.39 is 0 Å². The number of nitrogens with one attached hydrogen (secondary N) is 3. The van der Waals surface area contributed by atoms with Crippen molar-refractivity contribution in [2.24, 2.45) is 14.1 Å². The molecule has 1 aromatic carbocycles. The van der Waals surface area contributed by atoms with E-state index in [0.717, 1.165) is 5.75 Å². The second kappa shape index (κ2) is 16.9. The molecule has 2 aromatic heterocycles. The number of thioether (sulfide) groups is 1. The van der Waals surface area contributed by atoms with Gasteiger partial charge in [-0.2, -0.15) is 0 Å². The van der Waals surface area contributed by atoms with Crippen molar-refractivity contribution in [3.63, 3.8) is 0 Å². The molecule has 15 heteroatoms. The molecule has 1 aliphatic rings. The van der Waals surface area contributed by atoms with Gasteiger partial charge in [0, 0.05) is 111 Å². The highest BCUT2D eigenvalue weighted by Gasteiger charge is 2.27. The van der Waals surface area contributed by atoms with E-state index in [1.807, 2.05) is 18.7 Å². The molecule has 0 saturated carbocycles. The first-order chi connectivity index (χ1) is 23.7. The predicted molar refractivity (Wildman–Crippen MR) is 198 cm³/mol. The number of rotatable bonds is 13. The van der Waals surface area contributed by atoms with Crippen molar-refractivity contribution in [3.8, 4) is 0 Å². The van der Waals surface area contributed by atoms with Crippen molar-refractivity contribution in [1.82, 2.24) is 34.9 Å². The minimum Gasteiger partial charge on any atom is -0.351 e. The molecule has 3 heterocycles. The van der Waals surface area contributed by atoms with Crippen LogP contribution in [0.5, 0.6) is 0 Å². The monoisotopic (exact) mass is 721 g/mol. The highest BCUT2D eigenvalue weighted by molar-refractivity contribution is 8.23. The molecule has 0 radical (unpaired) electrons. The Morgan fingerprint density at radius 1 is 0.680 bits per heavy atom. The summed E-state index contributed by atoms with van der Waals surface area (Å²) in [5, 5.41) is 8.66. The molecule has 3 aromatic rings. The molecular formula is C35H43N7O6S2. The van der Waals surface area contributed by atoms with E-state index in [4.69, 9.17) is 12.2 Å². The van der Waals surface area contributed by atoms with Gasteiger partial charge in [-0.15, -0.1) is 0 Å². The molecule has 0 bridgehead atoms. The zero-order valence-corrected chi connectivity index (χ0v) is 30.8. The lowest BCUT2D eigenvalue weighted by atomic mass is 9.96. The first kappa shape index (κ1) is 38.2. The van der Waals surface area contributed by atoms with E-state index in [-0.39, 0.29) is 54.4 Å². The lowest BCUT2D eigenvalue weighted by Crippen LogP contribution is -2.43. The SMILES string of the molecule is Cc1c(C(=O)NCCN(CCNC(=O)c2ccn(C)c(=O)c2C)CCNC(=O)c2ccn(C)c(=O)c2C)ccc(C(=O)N2CCSC2=S)c1C. The van der Waals surface area contributed by atoms with E-state index in [9.17, 15) is 28.8 Å². The van der Waals surface area contributed by atoms with Crippen molar-refractivity contribution >= 4 is 51.9 Å². The second-order valence-corrected chi connectivity index (χ2v) is 13.9. The number of carbonyl (C=O) groups excluding carboxylic acids is 4. The number of pyridine rings is 2. The molecular weight excluding hydrogens is 679 g/mol. The maximum absolute atomic E-state index is 13.3. The molecule has 0 atom stereocenters. The van der Waals surface area contributed by atoms with Gasteiger partial charge in [-0.25, -0.2) is 0 Å². The Kier molecular flexibility index (Phi) is 12.9. The van der Waals surface area contributed by atoms with Crippen LogP contribution < -0.4 is 27.1 Å². The lowest BCUT2D eigenvalue weighted by molar-refractivity contribution is 0.0857. The number of carbonyl (C=O) groups is 4. The first-order valence-corrected chi connectivity index (χ1v) is 17.6. The third kappa shape index (κ3) is 8.76. The number of aryl methyl sites for hydroxylation is 2. The van der Waals surface area contributed by atoms with Crippen LogP contribution in [0.4, 0.5) is 0 Å². The molecule has 0 aliphatic carbocycles. The molecule has 13 nitrogen and oxygen atoms in total. The van der Waals surface area contributed by atoms with Crippen molar-refractivity contribution in [3.05, 3.63) is 102 Å². The Bertz CT molecular complexity index is 1870. The number of amides is 4. The van der Waals surface area contributed by atoms with Crippen molar-refractivity contribution < 1.29 is 19.2 Å². The van der Waals surface area contributed by atoms with Crippen LogP contribution in [0, 0.1) is 27.7 Å². The molecule has 0 spiro atoms. The van der Waals surface area contributed by atoms with Crippen molar-refractivity contribution in [2.45, 2.75) is 27.7 Å². The maximum atomic E-state index is 13.3. The summed E-state index contributed by atoms with van der Waals surface area (Å²) < 4.78 is 3.37. The summed E-state index contributed by atoms with van der Waals surface area (Å²) in [4.78, 5) is 80.3. The third-order valence-electron chi connectivity index (χ3n) is 8.92. The van der Waals surface area contributed by atoms with Gasteiger partial charge in [0.25, 0.3) is 34.7 Å². The third-order valence-corrected chi connectivity index (χ3v) is 10.3. The van der Waals surface area contributed by atoms with Gasteiger partial charge in [0.1, 0.15) is 4.32 Å². The molecule has 0 unspecified atom stereocenters. The van der Waals surface area contributed by atoms with E-state index in [1.165, 1.54) is 20.9 Å². The average Bonchev–Trinajstić information content (AvgIpc) is 3.52. The number of hydrogen-bond acceptors (Lipinski definition) is 9. The van der Waals surface area contributed by atoms with Crippen LogP contribution in [-0.2, 0) is 14.1 Å². The number of thiocarbonyl (C=S) groups is 1. The Morgan fingerprint density at radius 3 is 1.50 bits per heavy atom. The quantitative estimate of drug-likeness (QED) is 0.224. The minimum absolute atomic E-state index is 0.169. The molecule has 1 saturated heterocycles. The summed E-state index contributed by atoms with van der Waals surface area (Å²) >= 11 is 6.79. The maximum Gasteiger partial charge on any atom is 0.259 e. The van der Waals surface area contributed by atoms with Crippen LogP contribution in [0.1, 0.15) is 63.7 Å². The highest BCUT2D eigenvalue weighted by Crippen LogP contribution is 2.24. The number of nitrogens with zero attached hydrogens (tertiary/aromatic N) is 4. The number of hydrogen-bond donors (Lipinski definition) is 3. The minimum atomic E-state index is -0.374. The topological polar surface area (TPSA) is 155 Å². The smallest absolute Gasteiger partial charge is 0.259 e. The van der Waals surface area contributed by atoms with Gasteiger partial charge in [-0.05, 0) is 63.1 Å². The highest BCUT2D eigenvalue weighted by atomic mass is 32.2. The first-order valence-electron chi connectivity index (χ1n) is 16.2. The van der Waals surface area contributed by atoms with E-state index in [2.05, 4.69) is 16.0 Å². The van der Waals surface area contributed by atoms with Crippen LogP contribution in [0.2, 0.25) is 0 Å². The van der Waals surface area contributed by atoms with E-state index in [1.54, 1.807) is 69.5 Å². The van der Waals surface area contributed by atoms with Crippen LogP contribution >= 0.6 is 24.0 Å². The van der Waals surface area contributed by atoms with Gasteiger partial charge < -0.3 is 25.1 Å². The van der Waals surface area contributed by atoms with Crippen LogP contribution in [0.3, 0.4) is 0 Å². The fourth-order valence-corrected chi connectivity index (χ4v) is 6.84. The van der Waals surface area contributed by atoms with Gasteiger partial charge in [-0.1, -0.05) is 24.0 Å². The average molecular weight is 722 g/mol. The fraction of sp³-hybridized carbons (Fsp3) is 0.400. The molecule has 3 N–H and O–H groups in total. The Hall–Kier alpha value is -4.60. The van der Waals surface area contributed by atoms with Crippen LogP contribution in [0.15, 0.2) is 46.2 Å². The van der Waals surface area contributed by atoms with E-state index >= 15 is 0 Å². The lowest BCUT2D eigenvalue weighted by Gasteiger charge is -2.23. The van der Waals surface area contributed by atoms with Gasteiger partial charge >= 0.3 is 0 Å². The summed E-state index contributed by atoms with van der Waals surface area (Å²) in [7, 11) is 3.24. The molecule has 1 aliphatic heterocycles. The van der Waals surface area contributed by atoms with Crippen LogP contribution in [0.25, 0.3) is 0 Å². The normalized spacial score (nSPS) is 12.7. The molecule has 4 rings (SSSR count). The Labute approximate surface area is 300 Å². The van der Waals surface area contributed by atoms with Gasteiger partial charge in [0.05, 0.1) is 0 Å². The van der Waals surface area contributed by atoms with Gasteiger partial charge in [0.15, 0.2) is 0 Å².